The molecule has 0 spiro atoms. The molecule has 7 nitrogen and oxygen atoms in total. The largest absolute Gasteiger partial charge is 0.497 e. The predicted octanol–water partition coefficient (Wildman–Crippen LogP) is 6.06. The maximum Gasteiger partial charge on any atom is 0.342 e. The van der Waals surface area contributed by atoms with E-state index >= 15 is 0 Å². The molecule has 36 heavy (non-hydrogen) atoms. The number of rotatable bonds is 7. The Labute approximate surface area is 208 Å². The lowest BCUT2D eigenvalue weighted by molar-refractivity contribution is 0.0472. The molecule has 1 N–H and O–H groups in total. The molecule has 0 saturated carbocycles. The zero-order valence-corrected chi connectivity index (χ0v) is 20.5. The molecular formula is C28H23NO6S. The number of esters is 1. The van der Waals surface area contributed by atoms with Crippen molar-refractivity contribution in [2.24, 2.45) is 0 Å². The number of anilines is 1. The fraction of sp³-hybridized carbons (Fsp3) is 0.107. The Kier molecular flexibility index (Phi) is 6.12. The molecule has 1 heterocycles. The molecule has 0 fully saturated rings. The third kappa shape index (κ3) is 4.38. The number of ether oxygens (including phenoxy) is 2. The zero-order chi connectivity index (χ0) is 25.3. The fourth-order valence-corrected chi connectivity index (χ4v) is 5.20. The summed E-state index contributed by atoms with van der Waals surface area (Å²) in [6, 6.07) is 24.3. The van der Waals surface area contributed by atoms with Gasteiger partial charge in [-0.25, -0.2) is 13.2 Å². The first-order valence-corrected chi connectivity index (χ1v) is 12.7. The maximum atomic E-state index is 13.2. The van der Waals surface area contributed by atoms with Crippen molar-refractivity contribution < 1.29 is 27.1 Å². The maximum absolute atomic E-state index is 13.2. The highest BCUT2D eigenvalue weighted by Gasteiger charge is 2.24. The molecule has 0 amide bonds. The minimum atomic E-state index is -3.92. The SMILES string of the molecule is COc1ccc(S(=O)(=O)Nc2cc3c(C(=O)OCc4ccccc4)c(C)oc3c3ccccc23)cc1. The Morgan fingerprint density at radius 2 is 1.56 bits per heavy atom. The second-order valence-corrected chi connectivity index (χ2v) is 9.90. The molecule has 1 aromatic heterocycles. The summed E-state index contributed by atoms with van der Waals surface area (Å²) in [4.78, 5) is 13.2. The van der Waals surface area contributed by atoms with Gasteiger partial charge in [-0.3, -0.25) is 4.72 Å². The first kappa shape index (κ1) is 23.4. The number of carbonyl (C=O) groups is 1. The highest BCUT2D eigenvalue weighted by molar-refractivity contribution is 7.92. The summed E-state index contributed by atoms with van der Waals surface area (Å²) < 4.78 is 45.7. The molecule has 0 bridgehead atoms. The van der Waals surface area contributed by atoms with Crippen molar-refractivity contribution in [1.29, 1.82) is 0 Å². The van der Waals surface area contributed by atoms with Crippen LogP contribution >= 0.6 is 0 Å². The summed E-state index contributed by atoms with van der Waals surface area (Å²) in [5.74, 6) is 0.395. The standard InChI is InChI=1S/C28H23NO6S/c1-18-26(28(30)34-17-19-8-4-3-5-9-19)24-16-25(22-10-6-7-11-23(22)27(24)35-18)29-36(31,32)21-14-12-20(33-2)13-15-21/h3-16,29H,17H2,1-2H3. The van der Waals surface area contributed by atoms with Gasteiger partial charge in [0.25, 0.3) is 10.0 Å². The van der Waals surface area contributed by atoms with Crippen LogP contribution in [-0.2, 0) is 21.4 Å². The molecule has 0 aliphatic rings. The van der Waals surface area contributed by atoms with Crippen molar-refractivity contribution in [1.82, 2.24) is 0 Å². The number of nitrogens with one attached hydrogen (secondary N) is 1. The zero-order valence-electron chi connectivity index (χ0n) is 19.6. The van der Waals surface area contributed by atoms with E-state index in [1.54, 1.807) is 31.2 Å². The highest BCUT2D eigenvalue weighted by atomic mass is 32.2. The van der Waals surface area contributed by atoms with Crippen LogP contribution in [0, 0.1) is 6.92 Å². The van der Waals surface area contributed by atoms with E-state index in [4.69, 9.17) is 13.9 Å². The van der Waals surface area contributed by atoms with Gasteiger partial charge in [0.15, 0.2) is 0 Å². The Bertz CT molecular complexity index is 1670. The summed E-state index contributed by atoms with van der Waals surface area (Å²) in [6.45, 7) is 1.80. The van der Waals surface area contributed by atoms with Crippen LogP contribution in [0.4, 0.5) is 5.69 Å². The van der Waals surface area contributed by atoms with Crippen molar-refractivity contribution in [2.45, 2.75) is 18.4 Å². The average Bonchev–Trinajstić information content (AvgIpc) is 3.23. The van der Waals surface area contributed by atoms with Gasteiger partial charge in [0.2, 0.25) is 0 Å². The van der Waals surface area contributed by atoms with Crippen LogP contribution in [0.15, 0.2) is 94.2 Å². The summed E-state index contributed by atoms with van der Waals surface area (Å²) in [7, 11) is -2.41. The number of benzene rings is 4. The Hall–Kier alpha value is -4.30. The Morgan fingerprint density at radius 1 is 0.889 bits per heavy atom. The van der Waals surface area contributed by atoms with Gasteiger partial charge in [-0.05, 0) is 42.8 Å². The second kappa shape index (κ2) is 9.39. The normalized spacial score (nSPS) is 11.5. The summed E-state index contributed by atoms with van der Waals surface area (Å²) in [6.07, 6.45) is 0. The summed E-state index contributed by atoms with van der Waals surface area (Å²) in [5.41, 5.74) is 1.93. The van der Waals surface area contributed by atoms with Crippen LogP contribution in [0.5, 0.6) is 5.75 Å². The number of aryl methyl sites for hydroxylation is 1. The number of hydrogen-bond donors (Lipinski definition) is 1. The molecule has 8 heteroatoms. The van der Waals surface area contributed by atoms with E-state index in [1.165, 1.54) is 19.2 Å². The first-order chi connectivity index (χ1) is 17.4. The fourth-order valence-electron chi connectivity index (χ4n) is 4.13. The number of hydrogen-bond acceptors (Lipinski definition) is 6. The predicted molar refractivity (Wildman–Crippen MR) is 138 cm³/mol. The molecule has 5 rings (SSSR count). The summed E-state index contributed by atoms with van der Waals surface area (Å²) in [5, 5.41) is 1.78. The Balaban J connectivity index is 1.57. The topological polar surface area (TPSA) is 94.8 Å². The third-order valence-electron chi connectivity index (χ3n) is 5.90. The number of methoxy groups -OCH3 is 1. The lowest BCUT2D eigenvalue weighted by Crippen LogP contribution is -2.13. The smallest absolute Gasteiger partial charge is 0.342 e. The number of furan rings is 1. The van der Waals surface area contributed by atoms with E-state index in [0.717, 1.165) is 5.56 Å². The molecule has 182 valence electrons. The van der Waals surface area contributed by atoms with E-state index in [9.17, 15) is 13.2 Å². The highest BCUT2D eigenvalue weighted by Crippen LogP contribution is 2.38. The molecule has 0 aliphatic heterocycles. The summed E-state index contributed by atoms with van der Waals surface area (Å²) >= 11 is 0. The molecule has 0 atom stereocenters. The van der Waals surface area contributed by atoms with Gasteiger partial charge in [-0.1, -0.05) is 54.6 Å². The minimum absolute atomic E-state index is 0.0818. The van der Waals surface area contributed by atoms with E-state index in [0.29, 0.717) is 38.9 Å². The van der Waals surface area contributed by atoms with Gasteiger partial charge in [0.1, 0.15) is 29.3 Å². The van der Waals surface area contributed by atoms with Crippen molar-refractivity contribution in [3.05, 3.63) is 102 Å². The van der Waals surface area contributed by atoms with Crippen molar-refractivity contribution in [3.8, 4) is 5.75 Å². The molecule has 0 radical (unpaired) electrons. The second-order valence-electron chi connectivity index (χ2n) is 8.22. The van der Waals surface area contributed by atoms with Crippen LogP contribution in [0.25, 0.3) is 21.7 Å². The molecule has 0 unspecified atom stereocenters. The van der Waals surface area contributed by atoms with Crippen LogP contribution in [0.3, 0.4) is 0 Å². The van der Waals surface area contributed by atoms with Crippen LogP contribution in [0.2, 0.25) is 0 Å². The molecule has 0 aliphatic carbocycles. The monoisotopic (exact) mass is 501 g/mol. The van der Waals surface area contributed by atoms with Gasteiger partial charge >= 0.3 is 5.97 Å². The Morgan fingerprint density at radius 3 is 2.25 bits per heavy atom. The van der Waals surface area contributed by atoms with E-state index in [1.807, 2.05) is 48.5 Å². The molecule has 0 saturated heterocycles. The number of carbonyl (C=O) groups excluding carboxylic acids is 1. The van der Waals surface area contributed by atoms with Crippen molar-refractivity contribution in [2.75, 3.05) is 11.8 Å². The van der Waals surface area contributed by atoms with Crippen molar-refractivity contribution in [3.63, 3.8) is 0 Å². The van der Waals surface area contributed by atoms with E-state index in [2.05, 4.69) is 4.72 Å². The molecular weight excluding hydrogens is 478 g/mol. The van der Waals surface area contributed by atoms with Crippen LogP contribution < -0.4 is 9.46 Å². The van der Waals surface area contributed by atoms with Crippen molar-refractivity contribution >= 4 is 43.4 Å². The number of fused-ring (bicyclic) bond motifs is 3. The van der Waals surface area contributed by atoms with Gasteiger partial charge in [-0.15, -0.1) is 0 Å². The lowest BCUT2D eigenvalue weighted by Gasteiger charge is -2.12. The van der Waals surface area contributed by atoms with Gasteiger partial charge in [0.05, 0.1) is 17.7 Å². The van der Waals surface area contributed by atoms with E-state index < -0.39 is 16.0 Å². The minimum Gasteiger partial charge on any atom is -0.497 e. The van der Waals surface area contributed by atoms with Gasteiger partial charge < -0.3 is 13.9 Å². The van der Waals surface area contributed by atoms with E-state index in [-0.39, 0.29) is 17.1 Å². The number of sulfonamides is 1. The lowest BCUT2D eigenvalue weighted by atomic mass is 10.0. The third-order valence-corrected chi connectivity index (χ3v) is 7.28. The average molecular weight is 502 g/mol. The van der Waals surface area contributed by atoms with Gasteiger partial charge in [-0.2, -0.15) is 0 Å². The molecule has 5 aromatic rings. The molecule has 4 aromatic carbocycles. The van der Waals surface area contributed by atoms with Crippen LogP contribution in [0.1, 0.15) is 21.7 Å². The van der Waals surface area contributed by atoms with Crippen LogP contribution in [-0.4, -0.2) is 21.5 Å². The van der Waals surface area contributed by atoms with Gasteiger partial charge in [0, 0.05) is 16.2 Å². The first-order valence-electron chi connectivity index (χ1n) is 11.2. The quantitative estimate of drug-likeness (QED) is 0.272.